The summed E-state index contributed by atoms with van der Waals surface area (Å²) in [6.45, 7) is -0.247. The van der Waals surface area contributed by atoms with Gasteiger partial charge in [-0.15, -0.1) is 0 Å². The second-order valence-electron chi connectivity index (χ2n) is 5.05. The quantitative estimate of drug-likeness (QED) is 0.856. The van der Waals surface area contributed by atoms with Crippen molar-refractivity contribution in [1.29, 1.82) is 0 Å². The van der Waals surface area contributed by atoms with Crippen molar-refractivity contribution in [3.63, 3.8) is 0 Å². The number of benzene rings is 1. The van der Waals surface area contributed by atoms with Gasteiger partial charge in [-0.25, -0.2) is 0 Å². The highest BCUT2D eigenvalue weighted by Gasteiger charge is 2.31. The van der Waals surface area contributed by atoms with Crippen LogP contribution in [0, 0.1) is 0 Å². The van der Waals surface area contributed by atoms with E-state index in [-0.39, 0.29) is 13.2 Å². The molecule has 0 atom stereocenters. The third kappa shape index (κ3) is 3.03. The van der Waals surface area contributed by atoms with Gasteiger partial charge in [-0.1, -0.05) is 23.7 Å². The van der Waals surface area contributed by atoms with Crippen LogP contribution < -0.4 is 0 Å². The van der Waals surface area contributed by atoms with Crippen LogP contribution in [0.1, 0.15) is 17.7 Å². The Morgan fingerprint density at radius 1 is 1.25 bits per heavy atom. The highest BCUT2D eigenvalue weighted by Crippen LogP contribution is 2.30. The Bertz CT molecular complexity index is 565. The predicted molar refractivity (Wildman–Crippen MR) is 78.8 cm³/mol. The van der Waals surface area contributed by atoms with Crippen molar-refractivity contribution in [2.24, 2.45) is 7.05 Å². The molecule has 0 unspecified atom stereocenters. The Morgan fingerprint density at radius 2 is 2.00 bits per heavy atom. The van der Waals surface area contributed by atoms with Crippen molar-refractivity contribution in [2.75, 3.05) is 13.2 Å². The molecule has 1 aromatic carbocycles. The fourth-order valence-corrected chi connectivity index (χ4v) is 2.56. The first-order chi connectivity index (χ1) is 9.61. The Hall–Kier alpha value is -1.36. The van der Waals surface area contributed by atoms with Gasteiger partial charge < -0.3 is 10.2 Å². The maximum Gasteiger partial charge on any atom is 0.0550 e. The molecule has 0 radical (unpaired) electrons. The third-order valence-electron chi connectivity index (χ3n) is 3.82. The summed E-state index contributed by atoms with van der Waals surface area (Å²) in [6.07, 6.45) is 3.10. The van der Waals surface area contributed by atoms with Gasteiger partial charge in [0, 0.05) is 29.4 Å². The minimum atomic E-state index is -0.685. The molecule has 0 spiro atoms. The van der Waals surface area contributed by atoms with Gasteiger partial charge in [-0.3, -0.25) is 4.68 Å². The smallest absolute Gasteiger partial charge is 0.0550 e. The molecule has 0 aliphatic carbocycles. The lowest BCUT2D eigenvalue weighted by molar-refractivity contribution is 0.109. The molecule has 0 aliphatic rings. The summed E-state index contributed by atoms with van der Waals surface area (Å²) in [5.41, 5.74) is 1.24. The van der Waals surface area contributed by atoms with Gasteiger partial charge in [0.25, 0.3) is 0 Å². The first kappa shape index (κ1) is 15.0. The zero-order valence-electron chi connectivity index (χ0n) is 11.5. The first-order valence-electron chi connectivity index (χ1n) is 6.56. The van der Waals surface area contributed by atoms with Gasteiger partial charge in [-0.2, -0.15) is 5.10 Å². The average molecular weight is 295 g/mol. The molecule has 0 aliphatic heterocycles. The molecule has 1 aromatic heterocycles. The van der Waals surface area contributed by atoms with E-state index in [2.05, 4.69) is 5.10 Å². The van der Waals surface area contributed by atoms with Crippen LogP contribution in [-0.4, -0.2) is 33.2 Å². The first-order valence-corrected chi connectivity index (χ1v) is 6.94. The number of rotatable bonds is 6. The molecule has 4 nitrogen and oxygen atoms in total. The SMILES string of the molecule is Cn1nccc1CCC(CO)(CO)c1cccc(Cl)c1. The van der Waals surface area contributed by atoms with Crippen LogP contribution in [-0.2, 0) is 18.9 Å². The fourth-order valence-electron chi connectivity index (χ4n) is 2.37. The maximum absolute atomic E-state index is 9.79. The van der Waals surface area contributed by atoms with E-state index >= 15 is 0 Å². The second-order valence-corrected chi connectivity index (χ2v) is 5.49. The number of aliphatic hydroxyl groups is 2. The normalized spacial score (nSPS) is 11.8. The molecule has 2 aromatic rings. The van der Waals surface area contributed by atoms with Gasteiger partial charge in [0.15, 0.2) is 0 Å². The predicted octanol–water partition coefficient (Wildman–Crippen LogP) is 1.93. The summed E-state index contributed by atoms with van der Waals surface area (Å²) >= 11 is 6.01. The fraction of sp³-hybridized carbons (Fsp3) is 0.400. The van der Waals surface area contributed by atoms with E-state index in [9.17, 15) is 10.2 Å². The number of aromatic nitrogens is 2. The van der Waals surface area contributed by atoms with Crippen molar-refractivity contribution >= 4 is 11.6 Å². The molecule has 0 bridgehead atoms. The number of hydrogen-bond acceptors (Lipinski definition) is 3. The Labute approximate surface area is 123 Å². The molecule has 1 heterocycles. The van der Waals surface area contributed by atoms with Crippen LogP contribution in [0.25, 0.3) is 0 Å². The van der Waals surface area contributed by atoms with Gasteiger partial charge in [-0.05, 0) is 36.6 Å². The summed E-state index contributed by atoms with van der Waals surface area (Å²) in [5, 5.41) is 24.3. The molecule has 0 amide bonds. The summed E-state index contributed by atoms with van der Waals surface area (Å²) in [6, 6.07) is 9.25. The van der Waals surface area contributed by atoms with Gasteiger partial charge in [0.05, 0.1) is 13.2 Å². The summed E-state index contributed by atoms with van der Waals surface area (Å²) in [7, 11) is 1.88. The zero-order valence-corrected chi connectivity index (χ0v) is 12.2. The van der Waals surface area contributed by atoms with Crippen molar-refractivity contribution < 1.29 is 10.2 Å². The van der Waals surface area contributed by atoms with Crippen molar-refractivity contribution in [2.45, 2.75) is 18.3 Å². The molecule has 0 saturated carbocycles. The van der Waals surface area contributed by atoms with Crippen LogP contribution in [0.15, 0.2) is 36.5 Å². The largest absolute Gasteiger partial charge is 0.395 e. The molecule has 2 N–H and O–H groups in total. The molecule has 0 saturated heterocycles. The van der Waals surface area contributed by atoms with E-state index in [4.69, 9.17) is 11.6 Å². The summed E-state index contributed by atoms with van der Waals surface area (Å²) in [4.78, 5) is 0. The highest BCUT2D eigenvalue weighted by molar-refractivity contribution is 6.30. The van der Waals surface area contributed by atoms with Gasteiger partial charge in [0.2, 0.25) is 0 Å². The zero-order chi connectivity index (χ0) is 14.6. The minimum absolute atomic E-state index is 0.123. The number of aryl methyl sites for hydroxylation is 2. The van der Waals surface area contributed by atoms with E-state index in [1.54, 1.807) is 23.0 Å². The van der Waals surface area contributed by atoms with E-state index < -0.39 is 5.41 Å². The van der Waals surface area contributed by atoms with Crippen LogP contribution in [0.4, 0.5) is 0 Å². The van der Waals surface area contributed by atoms with E-state index in [1.165, 1.54) is 0 Å². The average Bonchev–Trinajstić information content (AvgIpc) is 2.86. The van der Waals surface area contributed by atoms with E-state index in [0.29, 0.717) is 11.4 Å². The lowest BCUT2D eigenvalue weighted by Gasteiger charge is -2.30. The van der Waals surface area contributed by atoms with Crippen LogP contribution >= 0.6 is 11.6 Å². The van der Waals surface area contributed by atoms with Crippen molar-refractivity contribution in [1.82, 2.24) is 9.78 Å². The van der Waals surface area contributed by atoms with Crippen LogP contribution in [0.2, 0.25) is 5.02 Å². The molecule has 20 heavy (non-hydrogen) atoms. The lowest BCUT2D eigenvalue weighted by atomic mass is 9.77. The minimum Gasteiger partial charge on any atom is -0.395 e. The standard InChI is InChI=1S/C15H19ClN2O2/c1-18-14(6-8-17-18)5-7-15(10-19,11-20)12-3-2-4-13(16)9-12/h2-4,6,8-9,19-20H,5,7,10-11H2,1H3. The second kappa shape index (κ2) is 6.39. The topological polar surface area (TPSA) is 58.3 Å². The molecule has 0 fully saturated rings. The molecule has 108 valence electrons. The summed E-state index contributed by atoms with van der Waals surface area (Å²) < 4.78 is 1.80. The van der Waals surface area contributed by atoms with E-state index in [0.717, 1.165) is 17.7 Å². The Morgan fingerprint density at radius 3 is 2.55 bits per heavy atom. The Balaban J connectivity index is 2.23. The molecular formula is C15H19ClN2O2. The number of nitrogens with zero attached hydrogens (tertiary/aromatic N) is 2. The van der Waals surface area contributed by atoms with Crippen molar-refractivity contribution in [3.8, 4) is 0 Å². The van der Waals surface area contributed by atoms with Crippen molar-refractivity contribution in [3.05, 3.63) is 52.8 Å². The third-order valence-corrected chi connectivity index (χ3v) is 4.06. The van der Waals surface area contributed by atoms with Gasteiger partial charge >= 0.3 is 0 Å². The number of aliphatic hydroxyl groups excluding tert-OH is 2. The summed E-state index contributed by atoms with van der Waals surface area (Å²) in [5.74, 6) is 0. The van der Waals surface area contributed by atoms with Crippen LogP contribution in [0.5, 0.6) is 0 Å². The Kier molecular flexibility index (Phi) is 4.81. The van der Waals surface area contributed by atoms with E-state index in [1.807, 2.05) is 25.2 Å². The number of halogens is 1. The highest BCUT2D eigenvalue weighted by atomic mass is 35.5. The van der Waals surface area contributed by atoms with Crippen LogP contribution in [0.3, 0.4) is 0 Å². The molecule has 2 rings (SSSR count). The molecule has 5 heteroatoms. The number of hydrogen-bond donors (Lipinski definition) is 2. The molecular weight excluding hydrogens is 276 g/mol. The van der Waals surface area contributed by atoms with Gasteiger partial charge in [0.1, 0.15) is 0 Å². The lowest BCUT2D eigenvalue weighted by Crippen LogP contribution is -2.35. The monoisotopic (exact) mass is 294 g/mol. The maximum atomic E-state index is 9.79.